The number of halogens is 6. The maximum Gasteiger partial charge on any atom is 0.261 e. The number of carbonyl (C=O) groups excluding carboxylic acids is 1. The highest BCUT2D eigenvalue weighted by molar-refractivity contribution is 7.92. The van der Waals surface area contributed by atoms with Crippen LogP contribution in [0.4, 0.5) is 32.0 Å². The van der Waals surface area contributed by atoms with Gasteiger partial charge in [-0.15, -0.1) is 11.3 Å². The Kier molecular flexibility index (Phi) is 6.54. The van der Waals surface area contributed by atoms with Crippen molar-refractivity contribution in [1.82, 2.24) is 0 Å². The second kappa shape index (κ2) is 9.32. The number of anilines is 1. The number of rotatable bonds is 6. The molecular formula is C23H11F6NO4S2. The summed E-state index contributed by atoms with van der Waals surface area (Å²) in [5.41, 5.74) is -1.83. The van der Waals surface area contributed by atoms with Crippen LogP contribution in [-0.2, 0) is 10.0 Å². The molecule has 0 fully saturated rings. The van der Waals surface area contributed by atoms with E-state index in [1.165, 1.54) is 6.07 Å². The van der Waals surface area contributed by atoms with Crippen molar-refractivity contribution in [1.29, 1.82) is 0 Å². The van der Waals surface area contributed by atoms with Crippen LogP contribution in [-0.4, -0.2) is 19.3 Å². The summed E-state index contributed by atoms with van der Waals surface area (Å²) in [4.78, 5) is 12.1. The predicted octanol–water partition coefficient (Wildman–Crippen LogP) is 5.99. The highest BCUT2D eigenvalue weighted by Gasteiger charge is 2.25. The van der Waals surface area contributed by atoms with E-state index in [-0.39, 0.29) is 21.4 Å². The molecule has 13 heteroatoms. The van der Waals surface area contributed by atoms with Crippen LogP contribution in [0.15, 0.2) is 59.5 Å². The van der Waals surface area contributed by atoms with E-state index in [4.69, 9.17) is 0 Å². The minimum Gasteiger partial charge on any atom is -0.503 e. The fourth-order valence-electron chi connectivity index (χ4n) is 3.13. The van der Waals surface area contributed by atoms with E-state index in [1.54, 1.807) is 0 Å². The molecule has 5 nitrogen and oxygen atoms in total. The van der Waals surface area contributed by atoms with Crippen molar-refractivity contribution < 1.29 is 44.7 Å². The summed E-state index contributed by atoms with van der Waals surface area (Å²) in [6.45, 7) is 0. The van der Waals surface area contributed by atoms with Crippen LogP contribution >= 0.6 is 11.3 Å². The first-order chi connectivity index (χ1) is 16.9. The Morgan fingerprint density at radius 3 is 2.11 bits per heavy atom. The number of thiophene rings is 1. The van der Waals surface area contributed by atoms with Gasteiger partial charge in [0.25, 0.3) is 10.0 Å². The standard InChI is InChI=1S/C23H11F6NO4S2/c24-11-1-3-12(4-2-11)36(33,34)30-16-8-10(7-14(25)20(16)28)17-5-6-18(35-17)22(31)13-9-15(26)21(29)23(32)19(13)27/h1-9,30,32H. The molecule has 0 saturated heterocycles. The molecule has 1 aromatic heterocycles. The van der Waals surface area contributed by atoms with Crippen LogP contribution in [0.2, 0.25) is 0 Å². The first-order valence-electron chi connectivity index (χ1n) is 9.68. The van der Waals surface area contributed by atoms with Gasteiger partial charge in [0.1, 0.15) is 5.82 Å². The van der Waals surface area contributed by atoms with Crippen molar-refractivity contribution in [2.45, 2.75) is 4.90 Å². The van der Waals surface area contributed by atoms with Gasteiger partial charge in [-0.1, -0.05) is 0 Å². The van der Waals surface area contributed by atoms with E-state index in [1.807, 2.05) is 4.72 Å². The molecule has 0 amide bonds. The van der Waals surface area contributed by atoms with Gasteiger partial charge in [0.05, 0.1) is 21.0 Å². The Balaban J connectivity index is 1.69. The third-order valence-corrected chi connectivity index (χ3v) is 7.40. The van der Waals surface area contributed by atoms with Crippen molar-refractivity contribution in [2.24, 2.45) is 0 Å². The maximum absolute atomic E-state index is 14.4. The lowest BCUT2D eigenvalue weighted by Gasteiger charge is -2.11. The zero-order chi connectivity index (χ0) is 26.4. The van der Waals surface area contributed by atoms with Crippen LogP contribution < -0.4 is 4.72 Å². The number of nitrogens with one attached hydrogen (secondary N) is 1. The lowest BCUT2D eigenvalue weighted by Crippen LogP contribution is -2.14. The van der Waals surface area contributed by atoms with Crippen molar-refractivity contribution in [2.75, 3.05) is 4.72 Å². The Morgan fingerprint density at radius 2 is 1.44 bits per heavy atom. The minimum absolute atomic E-state index is 0.0802. The molecule has 0 unspecified atom stereocenters. The Hall–Kier alpha value is -3.84. The molecule has 186 valence electrons. The molecule has 0 bridgehead atoms. The largest absolute Gasteiger partial charge is 0.503 e. The summed E-state index contributed by atoms with van der Waals surface area (Å²) >= 11 is 0.631. The van der Waals surface area contributed by atoms with E-state index in [2.05, 4.69) is 0 Å². The summed E-state index contributed by atoms with van der Waals surface area (Å²) in [7, 11) is -4.43. The fourth-order valence-corrected chi connectivity index (χ4v) is 5.12. The average Bonchev–Trinajstić information content (AvgIpc) is 3.33. The van der Waals surface area contributed by atoms with Crippen molar-refractivity contribution in [3.05, 3.63) is 99.9 Å². The van der Waals surface area contributed by atoms with E-state index in [0.29, 0.717) is 11.3 Å². The molecule has 0 radical (unpaired) electrons. The van der Waals surface area contributed by atoms with Gasteiger partial charge in [-0.3, -0.25) is 9.52 Å². The molecule has 3 aromatic carbocycles. The maximum atomic E-state index is 14.4. The Bertz CT molecular complexity index is 1620. The Labute approximate surface area is 203 Å². The van der Waals surface area contributed by atoms with Gasteiger partial charge in [-0.05, 0) is 60.2 Å². The molecule has 36 heavy (non-hydrogen) atoms. The molecule has 4 rings (SSSR count). The molecule has 4 aromatic rings. The first-order valence-corrected chi connectivity index (χ1v) is 12.0. The van der Waals surface area contributed by atoms with Gasteiger partial charge in [-0.25, -0.2) is 30.4 Å². The third kappa shape index (κ3) is 4.66. The molecular weight excluding hydrogens is 532 g/mol. The summed E-state index contributed by atoms with van der Waals surface area (Å²) in [6, 6.07) is 7.88. The highest BCUT2D eigenvalue weighted by atomic mass is 32.2. The van der Waals surface area contributed by atoms with Gasteiger partial charge < -0.3 is 5.11 Å². The highest BCUT2D eigenvalue weighted by Crippen LogP contribution is 2.35. The zero-order valence-electron chi connectivity index (χ0n) is 17.5. The number of benzene rings is 3. The van der Waals surface area contributed by atoms with Gasteiger partial charge in [0.2, 0.25) is 11.6 Å². The number of aromatic hydroxyl groups is 1. The summed E-state index contributed by atoms with van der Waals surface area (Å²) < 4.78 is 110. The number of carbonyl (C=O) groups is 1. The third-order valence-electron chi connectivity index (χ3n) is 4.89. The molecule has 0 aliphatic rings. The number of phenolic OH excluding ortho intramolecular Hbond substituents is 1. The monoisotopic (exact) mass is 543 g/mol. The lowest BCUT2D eigenvalue weighted by atomic mass is 10.1. The topological polar surface area (TPSA) is 83.5 Å². The van der Waals surface area contributed by atoms with Crippen LogP contribution in [0.25, 0.3) is 10.4 Å². The van der Waals surface area contributed by atoms with Crippen molar-refractivity contribution in [3.8, 4) is 16.2 Å². The van der Waals surface area contributed by atoms with Crippen molar-refractivity contribution in [3.63, 3.8) is 0 Å². The van der Waals surface area contributed by atoms with Gasteiger partial charge in [-0.2, -0.15) is 4.39 Å². The van der Waals surface area contributed by atoms with Crippen LogP contribution in [0.1, 0.15) is 15.2 Å². The summed E-state index contributed by atoms with van der Waals surface area (Å²) in [5.74, 6) is -11.7. The second-order valence-corrected chi connectivity index (χ2v) is 10.0. The summed E-state index contributed by atoms with van der Waals surface area (Å²) in [5, 5.41) is 9.33. The van der Waals surface area contributed by atoms with Gasteiger partial charge >= 0.3 is 0 Å². The summed E-state index contributed by atoms with van der Waals surface area (Å²) in [6.07, 6.45) is 0. The van der Waals surface area contributed by atoms with Crippen LogP contribution in [0.3, 0.4) is 0 Å². The van der Waals surface area contributed by atoms with Crippen LogP contribution in [0, 0.1) is 34.9 Å². The van der Waals surface area contributed by atoms with Gasteiger partial charge in [0, 0.05) is 4.88 Å². The second-order valence-electron chi connectivity index (χ2n) is 7.25. The average molecular weight is 543 g/mol. The van der Waals surface area contributed by atoms with Gasteiger partial charge in [0.15, 0.2) is 29.0 Å². The molecule has 0 aliphatic carbocycles. The van der Waals surface area contributed by atoms with E-state index < -0.39 is 72.6 Å². The fraction of sp³-hybridized carbons (Fsp3) is 0. The lowest BCUT2D eigenvalue weighted by molar-refractivity contribution is 0.103. The number of sulfonamides is 1. The molecule has 0 saturated carbocycles. The minimum atomic E-state index is -4.43. The number of phenols is 1. The molecule has 1 heterocycles. The number of hydrogen-bond acceptors (Lipinski definition) is 5. The van der Waals surface area contributed by atoms with E-state index in [9.17, 15) is 44.7 Å². The molecule has 2 N–H and O–H groups in total. The predicted molar refractivity (Wildman–Crippen MR) is 118 cm³/mol. The Morgan fingerprint density at radius 1 is 0.806 bits per heavy atom. The number of ketones is 1. The molecule has 0 atom stereocenters. The molecule has 0 spiro atoms. The number of hydrogen-bond donors (Lipinski definition) is 2. The van der Waals surface area contributed by atoms with Crippen LogP contribution in [0.5, 0.6) is 5.75 Å². The van der Waals surface area contributed by atoms with E-state index >= 15 is 0 Å². The SMILES string of the molecule is O=C(c1ccc(-c2cc(F)c(F)c(NS(=O)(=O)c3ccc(F)cc3)c2)s1)c1cc(F)c(F)c(O)c1F. The smallest absolute Gasteiger partial charge is 0.261 e. The zero-order valence-corrected chi connectivity index (χ0v) is 19.1. The quantitative estimate of drug-likeness (QED) is 0.178. The first kappa shape index (κ1) is 25.3. The van der Waals surface area contributed by atoms with Crippen molar-refractivity contribution >= 4 is 32.8 Å². The normalized spacial score (nSPS) is 11.5. The molecule has 0 aliphatic heterocycles. The van der Waals surface area contributed by atoms with E-state index in [0.717, 1.165) is 42.5 Å².